The van der Waals surface area contributed by atoms with Gasteiger partial charge in [0.25, 0.3) is 0 Å². The smallest absolute Gasteiger partial charge is 0.213 e. The van der Waals surface area contributed by atoms with Gasteiger partial charge in [-0.05, 0) is 6.42 Å². The zero-order valence-electron chi connectivity index (χ0n) is 11.5. The number of aryl methyl sites for hydroxylation is 1. The predicted molar refractivity (Wildman–Crippen MR) is 68.7 cm³/mol. The number of Topliss-reactive ketones (excluding diaryl/α,β-unsaturated/α-hetero) is 1. The molecule has 0 aliphatic carbocycles. The molecule has 0 fully saturated rings. The quantitative estimate of drug-likeness (QED) is 0.757. The second kappa shape index (κ2) is 5.21. The van der Waals surface area contributed by atoms with E-state index in [-0.39, 0.29) is 5.78 Å². The van der Waals surface area contributed by atoms with Crippen LogP contribution in [0.2, 0.25) is 0 Å². The van der Waals surface area contributed by atoms with Gasteiger partial charge in [-0.15, -0.1) is 10.2 Å². The highest BCUT2D eigenvalue weighted by Gasteiger charge is 2.19. The second-order valence-corrected chi connectivity index (χ2v) is 4.10. The van der Waals surface area contributed by atoms with E-state index in [0.29, 0.717) is 30.2 Å². The molecule has 0 amide bonds. The van der Waals surface area contributed by atoms with Gasteiger partial charge in [-0.25, -0.2) is 4.68 Å². The number of aromatic nitrogens is 5. The molecule has 0 N–H and O–H groups in total. The maximum absolute atomic E-state index is 11.8. The zero-order valence-corrected chi connectivity index (χ0v) is 11.5. The number of nitrogens with zero attached hydrogens (tertiary/aromatic N) is 5. The normalized spacial score (nSPS) is 10.7. The van der Waals surface area contributed by atoms with E-state index in [1.807, 2.05) is 13.8 Å². The molecule has 0 aromatic carbocycles. The Balaban J connectivity index is 2.50. The molecule has 2 aromatic rings. The van der Waals surface area contributed by atoms with Crippen LogP contribution in [0.4, 0.5) is 0 Å². The molecule has 2 rings (SSSR count). The summed E-state index contributed by atoms with van der Waals surface area (Å²) in [6, 6.07) is 1.76. The third-order valence-corrected chi connectivity index (χ3v) is 2.93. The van der Waals surface area contributed by atoms with Gasteiger partial charge in [0, 0.05) is 19.5 Å². The van der Waals surface area contributed by atoms with E-state index in [9.17, 15) is 4.79 Å². The van der Waals surface area contributed by atoms with Crippen LogP contribution in [0.15, 0.2) is 6.07 Å². The maximum atomic E-state index is 11.8. The van der Waals surface area contributed by atoms with Crippen molar-refractivity contribution in [1.29, 1.82) is 0 Å². The average Bonchev–Trinajstić information content (AvgIpc) is 3.00. The molecular weight excluding hydrogens is 246 g/mol. The third kappa shape index (κ3) is 2.23. The van der Waals surface area contributed by atoms with Crippen molar-refractivity contribution < 1.29 is 9.53 Å². The molecule has 7 nitrogen and oxygen atoms in total. The molecule has 0 bridgehead atoms. The first kappa shape index (κ1) is 13.3. The summed E-state index contributed by atoms with van der Waals surface area (Å²) in [4.78, 5) is 11.8. The molecule has 0 atom stereocenters. The van der Waals surface area contributed by atoms with Gasteiger partial charge in [0.1, 0.15) is 0 Å². The summed E-state index contributed by atoms with van der Waals surface area (Å²) in [6.45, 7) is 3.77. The summed E-state index contributed by atoms with van der Waals surface area (Å²) < 4.78 is 8.37. The minimum atomic E-state index is -0.00834. The standard InChI is InChI=1S/C12H17N5O2/c1-5-8-12(9(18)6-2)13-15-17(8)10-7-11(19-4)16(3)14-10/h7H,5-6H2,1-4H3. The second-order valence-electron chi connectivity index (χ2n) is 4.10. The molecule has 0 saturated heterocycles. The Labute approximate surface area is 111 Å². The summed E-state index contributed by atoms with van der Waals surface area (Å²) in [5, 5.41) is 12.3. The van der Waals surface area contributed by atoms with Crippen LogP contribution in [0.3, 0.4) is 0 Å². The Bertz CT molecular complexity index is 599. The van der Waals surface area contributed by atoms with Crippen LogP contribution in [0.5, 0.6) is 5.88 Å². The molecule has 0 radical (unpaired) electrons. The third-order valence-electron chi connectivity index (χ3n) is 2.93. The van der Waals surface area contributed by atoms with Crippen LogP contribution in [0.1, 0.15) is 36.5 Å². The van der Waals surface area contributed by atoms with Crippen LogP contribution >= 0.6 is 0 Å². The predicted octanol–water partition coefficient (Wildman–Crippen LogP) is 1.16. The summed E-state index contributed by atoms with van der Waals surface area (Å²) in [5.74, 6) is 1.21. The number of ketones is 1. The van der Waals surface area contributed by atoms with Gasteiger partial charge < -0.3 is 4.74 Å². The molecule has 0 spiro atoms. The first-order valence-corrected chi connectivity index (χ1v) is 6.18. The highest BCUT2D eigenvalue weighted by molar-refractivity contribution is 5.95. The van der Waals surface area contributed by atoms with Crippen molar-refractivity contribution >= 4 is 5.78 Å². The first-order valence-electron chi connectivity index (χ1n) is 6.18. The van der Waals surface area contributed by atoms with Crippen LogP contribution < -0.4 is 4.74 Å². The number of carbonyl (C=O) groups is 1. The van der Waals surface area contributed by atoms with Crippen molar-refractivity contribution in [2.45, 2.75) is 26.7 Å². The SMILES string of the molecule is CCC(=O)c1nnn(-c2cc(OC)n(C)n2)c1CC. The lowest BCUT2D eigenvalue weighted by Crippen LogP contribution is -2.06. The molecule has 0 aliphatic rings. The Kier molecular flexibility index (Phi) is 3.64. The summed E-state index contributed by atoms with van der Waals surface area (Å²) in [5.41, 5.74) is 1.20. The number of carbonyl (C=O) groups excluding carboxylic acids is 1. The Hall–Kier alpha value is -2.18. The van der Waals surface area contributed by atoms with Gasteiger partial charge in [-0.3, -0.25) is 4.79 Å². The number of hydrogen-bond donors (Lipinski definition) is 0. The molecule has 2 heterocycles. The van der Waals surface area contributed by atoms with E-state index < -0.39 is 0 Å². The van der Waals surface area contributed by atoms with Gasteiger partial charge in [-0.2, -0.15) is 4.68 Å². The molecule has 7 heteroatoms. The lowest BCUT2D eigenvalue weighted by molar-refractivity contribution is 0.0982. The summed E-state index contributed by atoms with van der Waals surface area (Å²) >= 11 is 0. The van der Waals surface area contributed by atoms with E-state index in [2.05, 4.69) is 15.4 Å². The lowest BCUT2D eigenvalue weighted by Gasteiger charge is -2.01. The summed E-state index contributed by atoms with van der Waals surface area (Å²) in [7, 11) is 3.36. The Morgan fingerprint density at radius 1 is 1.42 bits per heavy atom. The van der Waals surface area contributed by atoms with Crippen LogP contribution in [-0.2, 0) is 13.5 Å². The fourth-order valence-electron chi connectivity index (χ4n) is 1.92. The van der Waals surface area contributed by atoms with Crippen LogP contribution in [-0.4, -0.2) is 37.7 Å². The molecule has 0 unspecified atom stereocenters. The Morgan fingerprint density at radius 2 is 2.16 bits per heavy atom. The monoisotopic (exact) mass is 263 g/mol. The topological polar surface area (TPSA) is 74.8 Å². The zero-order chi connectivity index (χ0) is 14.0. The van der Waals surface area contributed by atoms with E-state index in [1.54, 1.807) is 29.6 Å². The number of rotatable bonds is 5. The van der Waals surface area contributed by atoms with Crippen molar-refractivity contribution in [3.8, 4) is 11.7 Å². The van der Waals surface area contributed by atoms with Crippen molar-refractivity contribution in [2.75, 3.05) is 7.11 Å². The van der Waals surface area contributed by atoms with Gasteiger partial charge in [0.2, 0.25) is 5.88 Å². The first-order chi connectivity index (χ1) is 9.12. The fraction of sp³-hybridized carbons (Fsp3) is 0.500. The molecule has 0 saturated carbocycles. The molecular formula is C12H17N5O2. The average molecular weight is 263 g/mol. The van der Waals surface area contributed by atoms with Crippen LogP contribution in [0.25, 0.3) is 5.82 Å². The fourth-order valence-corrected chi connectivity index (χ4v) is 1.92. The molecule has 102 valence electrons. The van der Waals surface area contributed by atoms with Crippen LogP contribution in [0, 0.1) is 0 Å². The van der Waals surface area contributed by atoms with Crippen molar-refractivity contribution in [2.24, 2.45) is 7.05 Å². The highest BCUT2D eigenvalue weighted by atomic mass is 16.5. The maximum Gasteiger partial charge on any atom is 0.213 e. The highest BCUT2D eigenvalue weighted by Crippen LogP contribution is 2.18. The molecule has 0 aliphatic heterocycles. The van der Waals surface area contributed by atoms with Gasteiger partial charge in [0.05, 0.1) is 12.8 Å². The summed E-state index contributed by atoms with van der Waals surface area (Å²) in [6.07, 6.45) is 1.07. The minimum Gasteiger partial charge on any atom is -0.481 e. The van der Waals surface area contributed by atoms with Gasteiger partial charge in [0.15, 0.2) is 17.3 Å². The van der Waals surface area contributed by atoms with E-state index in [4.69, 9.17) is 4.74 Å². The number of methoxy groups -OCH3 is 1. The van der Waals surface area contributed by atoms with E-state index in [1.165, 1.54) is 0 Å². The largest absolute Gasteiger partial charge is 0.481 e. The minimum absolute atomic E-state index is 0.00834. The van der Waals surface area contributed by atoms with Gasteiger partial charge >= 0.3 is 0 Å². The molecule has 2 aromatic heterocycles. The number of hydrogen-bond acceptors (Lipinski definition) is 5. The van der Waals surface area contributed by atoms with Gasteiger partial charge in [-0.1, -0.05) is 19.1 Å². The van der Waals surface area contributed by atoms with E-state index in [0.717, 1.165) is 5.69 Å². The van der Waals surface area contributed by atoms with E-state index >= 15 is 0 Å². The molecule has 19 heavy (non-hydrogen) atoms. The van der Waals surface area contributed by atoms with Crippen molar-refractivity contribution in [3.63, 3.8) is 0 Å². The van der Waals surface area contributed by atoms with Crippen molar-refractivity contribution in [1.82, 2.24) is 24.8 Å². The van der Waals surface area contributed by atoms with Crippen molar-refractivity contribution in [3.05, 3.63) is 17.5 Å². The lowest BCUT2D eigenvalue weighted by atomic mass is 10.1. The number of ether oxygens (including phenoxy) is 1. The Morgan fingerprint density at radius 3 is 2.68 bits per heavy atom.